The van der Waals surface area contributed by atoms with Gasteiger partial charge in [0.15, 0.2) is 11.5 Å². The van der Waals surface area contributed by atoms with Gasteiger partial charge in [-0.2, -0.15) is 0 Å². The number of carbonyl (C=O) groups excluding carboxylic acids is 2. The number of methoxy groups -OCH3 is 3. The molecule has 0 aliphatic rings. The minimum absolute atomic E-state index is 0.0316. The summed E-state index contributed by atoms with van der Waals surface area (Å²) >= 11 is 0. The molecule has 0 saturated carbocycles. The summed E-state index contributed by atoms with van der Waals surface area (Å²) in [5.74, 6) is 0.652. The van der Waals surface area contributed by atoms with Crippen LogP contribution in [0.5, 0.6) is 17.2 Å². The van der Waals surface area contributed by atoms with Gasteiger partial charge in [-0.25, -0.2) is 0 Å². The standard InChI is InChI=1S/C25H25NO6/c1-29-20-11-7-10-19(16-20)26-25(28)24(18-8-5-4-6-9-18)32-23(27)15-17-12-13-21(30-2)22(14-17)31-3/h4-14,16,24H,15H2,1-3H3,(H,26,28)/t24-/m1/s1. The molecular weight excluding hydrogens is 410 g/mol. The van der Waals surface area contributed by atoms with Gasteiger partial charge >= 0.3 is 5.97 Å². The zero-order valence-electron chi connectivity index (χ0n) is 18.2. The van der Waals surface area contributed by atoms with Gasteiger partial charge in [0.25, 0.3) is 5.91 Å². The summed E-state index contributed by atoms with van der Waals surface area (Å²) in [4.78, 5) is 25.7. The Morgan fingerprint density at radius 1 is 0.812 bits per heavy atom. The fourth-order valence-electron chi connectivity index (χ4n) is 3.14. The van der Waals surface area contributed by atoms with E-state index in [2.05, 4.69) is 5.32 Å². The van der Waals surface area contributed by atoms with E-state index in [1.54, 1.807) is 73.8 Å². The number of amides is 1. The number of nitrogens with one attached hydrogen (secondary N) is 1. The van der Waals surface area contributed by atoms with E-state index >= 15 is 0 Å². The summed E-state index contributed by atoms with van der Waals surface area (Å²) in [6.45, 7) is 0. The van der Waals surface area contributed by atoms with Crippen LogP contribution in [0.2, 0.25) is 0 Å². The predicted molar refractivity (Wildman–Crippen MR) is 120 cm³/mol. The maximum Gasteiger partial charge on any atom is 0.311 e. The molecule has 1 N–H and O–H groups in total. The van der Waals surface area contributed by atoms with Crippen molar-refractivity contribution in [2.24, 2.45) is 0 Å². The van der Waals surface area contributed by atoms with Crippen molar-refractivity contribution in [2.45, 2.75) is 12.5 Å². The fraction of sp³-hybridized carbons (Fsp3) is 0.200. The normalized spacial score (nSPS) is 11.2. The van der Waals surface area contributed by atoms with Gasteiger partial charge in [-0.15, -0.1) is 0 Å². The van der Waals surface area contributed by atoms with Crippen LogP contribution in [0.3, 0.4) is 0 Å². The van der Waals surface area contributed by atoms with Gasteiger partial charge < -0.3 is 24.3 Å². The van der Waals surface area contributed by atoms with Crippen LogP contribution in [0.15, 0.2) is 72.8 Å². The Morgan fingerprint density at radius 3 is 2.25 bits per heavy atom. The van der Waals surface area contributed by atoms with Crippen LogP contribution in [0, 0.1) is 0 Å². The zero-order valence-corrected chi connectivity index (χ0v) is 18.2. The molecule has 1 atom stereocenters. The number of hydrogen-bond donors (Lipinski definition) is 1. The molecule has 3 aromatic carbocycles. The number of esters is 1. The van der Waals surface area contributed by atoms with Gasteiger partial charge in [-0.1, -0.05) is 42.5 Å². The van der Waals surface area contributed by atoms with Crippen molar-refractivity contribution < 1.29 is 28.5 Å². The van der Waals surface area contributed by atoms with Crippen molar-refractivity contribution >= 4 is 17.6 Å². The Bertz CT molecular complexity index is 1070. The molecule has 0 aliphatic carbocycles. The van der Waals surface area contributed by atoms with E-state index in [-0.39, 0.29) is 6.42 Å². The van der Waals surface area contributed by atoms with Crippen LogP contribution in [0.4, 0.5) is 5.69 Å². The molecule has 0 fully saturated rings. The second-order valence-electron chi connectivity index (χ2n) is 6.87. The number of ether oxygens (including phenoxy) is 4. The number of anilines is 1. The van der Waals surface area contributed by atoms with E-state index in [4.69, 9.17) is 18.9 Å². The number of benzene rings is 3. The molecule has 3 aromatic rings. The van der Waals surface area contributed by atoms with Gasteiger partial charge in [-0.05, 0) is 29.8 Å². The molecule has 7 heteroatoms. The predicted octanol–water partition coefficient (Wildman–Crippen LogP) is 4.18. The van der Waals surface area contributed by atoms with Crippen molar-refractivity contribution in [2.75, 3.05) is 26.6 Å². The molecule has 0 aliphatic heterocycles. The molecule has 7 nitrogen and oxygen atoms in total. The van der Waals surface area contributed by atoms with Gasteiger partial charge in [-0.3, -0.25) is 9.59 Å². The SMILES string of the molecule is COc1cccc(NC(=O)[C@H](OC(=O)Cc2ccc(OC)c(OC)c2)c2ccccc2)c1. The first-order chi connectivity index (χ1) is 15.5. The third kappa shape index (κ3) is 5.78. The van der Waals surface area contributed by atoms with Crippen molar-refractivity contribution in [1.29, 1.82) is 0 Å². The highest BCUT2D eigenvalue weighted by Gasteiger charge is 2.25. The first-order valence-corrected chi connectivity index (χ1v) is 9.94. The van der Waals surface area contributed by atoms with E-state index in [1.165, 1.54) is 14.2 Å². The average Bonchev–Trinajstić information content (AvgIpc) is 2.83. The van der Waals surface area contributed by atoms with E-state index in [0.717, 1.165) is 0 Å². The van der Waals surface area contributed by atoms with Gasteiger partial charge in [0.1, 0.15) is 5.75 Å². The Balaban J connectivity index is 1.77. The largest absolute Gasteiger partial charge is 0.497 e. The Morgan fingerprint density at radius 2 is 1.56 bits per heavy atom. The van der Waals surface area contributed by atoms with Crippen LogP contribution < -0.4 is 19.5 Å². The maximum atomic E-state index is 13.0. The molecule has 1 amide bonds. The third-order valence-corrected chi connectivity index (χ3v) is 4.72. The Kier molecular flexibility index (Phi) is 7.70. The quantitative estimate of drug-likeness (QED) is 0.508. The fourth-order valence-corrected chi connectivity index (χ4v) is 3.14. The molecule has 0 saturated heterocycles. The topological polar surface area (TPSA) is 83.1 Å². The number of hydrogen-bond acceptors (Lipinski definition) is 6. The highest BCUT2D eigenvalue weighted by atomic mass is 16.5. The van der Waals surface area contributed by atoms with Crippen LogP contribution in [-0.4, -0.2) is 33.2 Å². The lowest BCUT2D eigenvalue weighted by molar-refractivity contribution is -0.154. The van der Waals surface area contributed by atoms with Crippen LogP contribution >= 0.6 is 0 Å². The van der Waals surface area contributed by atoms with Crippen molar-refractivity contribution in [3.05, 3.63) is 83.9 Å². The molecule has 166 valence electrons. The Labute approximate surface area is 186 Å². The molecule has 0 bridgehead atoms. The average molecular weight is 435 g/mol. The molecule has 32 heavy (non-hydrogen) atoms. The highest BCUT2D eigenvalue weighted by molar-refractivity contribution is 5.96. The number of carbonyl (C=O) groups is 2. The summed E-state index contributed by atoms with van der Waals surface area (Å²) in [7, 11) is 4.61. The third-order valence-electron chi connectivity index (χ3n) is 4.72. The molecule has 0 heterocycles. The molecule has 0 radical (unpaired) electrons. The van der Waals surface area contributed by atoms with Gasteiger partial charge in [0.05, 0.1) is 27.8 Å². The summed E-state index contributed by atoms with van der Waals surface area (Å²) in [5.41, 5.74) is 1.77. The number of rotatable bonds is 9. The lowest BCUT2D eigenvalue weighted by atomic mass is 10.1. The van der Waals surface area contributed by atoms with Crippen molar-refractivity contribution in [1.82, 2.24) is 0 Å². The van der Waals surface area contributed by atoms with Crippen LogP contribution in [0.1, 0.15) is 17.2 Å². The van der Waals surface area contributed by atoms with Gasteiger partial charge in [0.2, 0.25) is 6.10 Å². The summed E-state index contributed by atoms with van der Waals surface area (Å²) in [6.07, 6.45) is -1.15. The molecule has 0 spiro atoms. The highest BCUT2D eigenvalue weighted by Crippen LogP contribution is 2.28. The summed E-state index contributed by atoms with van der Waals surface area (Å²) in [5, 5.41) is 2.79. The minimum Gasteiger partial charge on any atom is -0.497 e. The lowest BCUT2D eigenvalue weighted by Gasteiger charge is -2.18. The van der Waals surface area contributed by atoms with E-state index in [0.29, 0.717) is 34.1 Å². The first-order valence-electron chi connectivity index (χ1n) is 9.94. The smallest absolute Gasteiger partial charge is 0.311 e. The Hall–Kier alpha value is -4.00. The van der Waals surface area contributed by atoms with Gasteiger partial charge in [0, 0.05) is 17.3 Å². The molecule has 3 rings (SSSR count). The summed E-state index contributed by atoms with van der Waals surface area (Å²) < 4.78 is 21.3. The molecule has 0 unspecified atom stereocenters. The van der Waals surface area contributed by atoms with E-state index in [1.807, 2.05) is 6.07 Å². The lowest BCUT2D eigenvalue weighted by Crippen LogP contribution is -2.26. The minimum atomic E-state index is -1.12. The second kappa shape index (κ2) is 10.9. The zero-order chi connectivity index (χ0) is 22.9. The van der Waals surface area contributed by atoms with Crippen molar-refractivity contribution in [3.8, 4) is 17.2 Å². The van der Waals surface area contributed by atoms with Crippen LogP contribution in [0.25, 0.3) is 0 Å². The monoisotopic (exact) mass is 435 g/mol. The van der Waals surface area contributed by atoms with Crippen molar-refractivity contribution in [3.63, 3.8) is 0 Å². The molecular formula is C25H25NO6. The van der Waals surface area contributed by atoms with Crippen LogP contribution in [-0.2, 0) is 20.7 Å². The maximum absolute atomic E-state index is 13.0. The second-order valence-corrected chi connectivity index (χ2v) is 6.87. The van der Waals surface area contributed by atoms with E-state index < -0.39 is 18.0 Å². The van der Waals surface area contributed by atoms with E-state index in [9.17, 15) is 9.59 Å². The first kappa shape index (κ1) is 22.7. The molecule has 0 aromatic heterocycles. The summed E-state index contributed by atoms with van der Waals surface area (Å²) in [6, 6.07) is 21.0.